The van der Waals surface area contributed by atoms with Crippen LogP contribution in [-0.4, -0.2) is 15.5 Å². The maximum Gasteiger partial charge on any atom is 0.123 e. The fraction of sp³-hybridized carbons (Fsp3) is 0.200. The Kier molecular flexibility index (Phi) is 1.96. The highest BCUT2D eigenvalue weighted by Crippen LogP contribution is 2.05. The van der Waals surface area contributed by atoms with E-state index < -0.39 is 5.29 Å². The van der Waals surface area contributed by atoms with Crippen molar-refractivity contribution in [3.8, 4) is 0 Å². The van der Waals surface area contributed by atoms with Gasteiger partial charge in [0.15, 0.2) is 0 Å². The molecule has 0 bridgehead atoms. The van der Waals surface area contributed by atoms with Crippen LogP contribution in [0.5, 0.6) is 0 Å². The van der Waals surface area contributed by atoms with Crippen LogP contribution in [0.25, 0.3) is 0 Å². The van der Waals surface area contributed by atoms with E-state index in [1.54, 1.807) is 0 Å². The van der Waals surface area contributed by atoms with Crippen LogP contribution in [0.1, 0.15) is 0 Å². The SMILES string of the molecule is C=CC(F)([SiH3])C=C. The molecule has 0 fully saturated rings. The Bertz CT molecular complexity index is 76.1. The van der Waals surface area contributed by atoms with E-state index >= 15 is 0 Å². The first-order valence-corrected chi connectivity index (χ1v) is 3.08. The number of alkyl halides is 1. The monoisotopic (exact) mass is 116 g/mol. The van der Waals surface area contributed by atoms with Crippen molar-refractivity contribution in [3.05, 3.63) is 25.3 Å². The summed E-state index contributed by atoms with van der Waals surface area (Å²) in [5, 5.41) is -1.25. The van der Waals surface area contributed by atoms with Crippen molar-refractivity contribution in [2.45, 2.75) is 5.29 Å². The van der Waals surface area contributed by atoms with Crippen LogP contribution in [0.15, 0.2) is 25.3 Å². The fourth-order valence-electron chi connectivity index (χ4n) is 0.0833. The molecule has 0 aliphatic carbocycles. The average Bonchev–Trinajstić information content (AvgIpc) is 1.68. The topological polar surface area (TPSA) is 0 Å². The molecule has 0 aromatic carbocycles. The maximum absolute atomic E-state index is 12.4. The summed E-state index contributed by atoms with van der Waals surface area (Å²) in [4.78, 5) is 0. The van der Waals surface area contributed by atoms with Crippen LogP contribution < -0.4 is 0 Å². The molecule has 0 amide bonds. The zero-order valence-corrected chi connectivity index (χ0v) is 6.45. The molecule has 0 aliphatic heterocycles. The minimum atomic E-state index is -1.25. The van der Waals surface area contributed by atoms with Gasteiger partial charge < -0.3 is 0 Å². The van der Waals surface area contributed by atoms with E-state index in [2.05, 4.69) is 13.2 Å². The van der Waals surface area contributed by atoms with Crippen molar-refractivity contribution in [1.29, 1.82) is 0 Å². The molecule has 0 rings (SSSR count). The van der Waals surface area contributed by atoms with Gasteiger partial charge in [-0.2, -0.15) is 0 Å². The van der Waals surface area contributed by atoms with Gasteiger partial charge in [0, 0.05) is 0 Å². The Morgan fingerprint density at radius 3 is 1.71 bits per heavy atom. The molecule has 0 unspecified atom stereocenters. The van der Waals surface area contributed by atoms with Gasteiger partial charge in [0.1, 0.15) is 5.29 Å². The number of halogens is 1. The fourth-order valence-corrected chi connectivity index (χ4v) is 0.0833. The van der Waals surface area contributed by atoms with E-state index in [4.69, 9.17) is 0 Å². The minimum Gasteiger partial charge on any atom is -0.240 e. The van der Waals surface area contributed by atoms with Gasteiger partial charge in [-0.1, -0.05) is 25.3 Å². The van der Waals surface area contributed by atoms with Crippen LogP contribution in [-0.2, 0) is 0 Å². The lowest BCUT2D eigenvalue weighted by atomic mass is 10.4. The third kappa shape index (κ3) is 2.34. The third-order valence-corrected chi connectivity index (χ3v) is 1.61. The first-order valence-electron chi connectivity index (χ1n) is 2.08. The van der Waals surface area contributed by atoms with E-state index in [9.17, 15) is 4.39 Å². The molecule has 0 nitrogen and oxygen atoms in total. The smallest absolute Gasteiger partial charge is 0.123 e. The van der Waals surface area contributed by atoms with Gasteiger partial charge >= 0.3 is 0 Å². The Labute approximate surface area is 46.2 Å². The van der Waals surface area contributed by atoms with E-state index in [1.807, 2.05) is 0 Å². The quantitative estimate of drug-likeness (QED) is 0.361. The molecule has 0 heterocycles. The number of hydrogen-bond acceptors (Lipinski definition) is 0. The van der Waals surface area contributed by atoms with Crippen LogP contribution >= 0.6 is 0 Å². The third-order valence-electron chi connectivity index (χ3n) is 0.798. The van der Waals surface area contributed by atoms with Gasteiger partial charge in [0.2, 0.25) is 0 Å². The number of allylic oxidation sites excluding steroid dienone is 2. The molecule has 0 aliphatic rings. The number of rotatable bonds is 2. The van der Waals surface area contributed by atoms with Crippen molar-refractivity contribution >= 4 is 10.2 Å². The highest BCUT2D eigenvalue weighted by molar-refractivity contribution is 6.17. The Balaban J connectivity index is 3.82. The van der Waals surface area contributed by atoms with Crippen LogP contribution in [0.4, 0.5) is 4.39 Å². The second kappa shape index (κ2) is 2.07. The lowest BCUT2D eigenvalue weighted by molar-refractivity contribution is 0.417. The predicted octanol–water partition coefficient (Wildman–Crippen LogP) is 0.390. The molecule has 0 N–H and O–H groups in total. The normalized spacial score (nSPS) is 11.0. The summed E-state index contributed by atoms with van der Waals surface area (Å²) >= 11 is 0. The standard InChI is InChI=1S/C5H9FSi/c1-3-5(6,7)4-2/h3-4H,1-2H2,7H3. The molecule has 2 heteroatoms. The Hall–Kier alpha value is -0.373. The first kappa shape index (κ1) is 6.63. The van der Waals surface area contributed by atoms with Gasteiger partial charge in [-0.05, 0) is 0 Å². The van der Waals surface area contributed by atoms with Crippen LogP contribution in [0.2, 0.25) is 0 Å². The largest absolute Gasteiger partial charge is 0.240 e. The van der Waals surface area contributed by atoms with E-state index in [0.29, 0.717) is 10.2 Å². The van der Waals surface area contributed by atoms with Crippen LogP contribution in [0.3, 0.4) is 0 Å². The summed E-state index contributed by atoms with van der Waals surface area (Å²) in [6, 6.07) is 0. The van der Waals surface area contributed by atoms with Crippen molar-refractivity contribution in [2.24, 2.45) is 0 Å². The van der Waals surface area contributed by atoms with Crippen molar-refractivity contribution in [3.63, 3.8) is 0 Å². The van der Waals surface area contributed by atoms with Gasteiger partial charge in [0.25, 0.3) is 0 Å². The van der Waals surface area contributed by atoms with Gasteiger partial charge in [-0.3, -0.25) is 0 Å². The summed E-state index contributed by atoms with van der Waals surface area (Å²) in [5.41, 5.74) is 0. The van der Waals surface area contributed by atoms with E-state index in [0.717, 1.165) is 0 Å². The molecule has 0 spiro atoms. The molecule has 0 radical (unpaired) electrons. The number of hydrogen-bond donors (Lipinski definition) is 0. The molecule has 0 atom stereocenters. The second-order valence-electron chi connectivity index (χ2n) is 1.56. The zero-order chi connectivity index (χ0) is 5.91. The molecular formula is C5H9FSi. The van der Waals surface area contributed by atoms with Crippen LogP contribution in [0, 0.1) is 0 Å². The highest BCUT2D eigenvalue weighted by atomic mass is 28.1. The van der Waals surface area contributed by atoms with Crippen molar-refractivity contribution < 1.29 is 4.39 Å². The van der Waals surface area contributed by atoms with Gasteiger partial charge in [0.05, 0.1) is 10.2 Å². The lowest BCUT2D eigenvalue weighted by Gasteiger charge is -2.05. The zero-order valence-electron chi connectivity index (χ0n) is 4.45. The van der Waals surface area contributed by atoms with E-state index in [1.165, 1.54) is 12.2 Å². The molecular weight excluding hydrogens is 107 g/mol. The molecule has 40 valence electrons. The summed E-state index contributed by atoms with van der Waals surface area (Å²) in [7, 11) is 0.447. The summed E-state index contributed by atoms with van der Waals surface area (Å²) in [6.45, 7) is 6.58. The van der Waals surface area contributed by atoms with Gasteiger partial charge in [-0.25, -0.2) is 4.39 Å². The highest BCUT2D eigenvalue weighted by Gasteiger charge is 2.09. The lowest BCUT2D eigenvalue weighted by Crippen LogP contribution is -2.13. The Morgan fingerprint density at radius 2 is 1.71 bits per heavy atom. The molecule has 7 heavy (non-hydrogen) atoms. The first-order chi connectivity index (χ1) is 3.12. The van der Waals surface area contributed by atoms with E-state index in [-0.39, 0.29) is 0 Å². The van der Waals surface area contributed by atoms with Gasteiger partial charge in [-0.15, -0.1) is 0 Å². The molecule has 0 saturated heterocycles. The van der Waals surface area contributed by atoms with Crippen molar-refractivity contribution in [1.82, 2.24) is 0 Å². The summed E-state index contributed by atoms with van der Waals surface area (Å²) in [5.74, 6) is 0. The maximum atomic E-state index is 12.4. The minimum absolute atomic E-state index is 0.447. The Morgan fingerprint density at radius 1 is 1.43 bits per heavy atom. The second-order valence-corrected chi connectivity index (χ2v) is 3.09. The predicted molar refractivity (Wildman–Crippen MR) is 34.2 cm³/mol. The molecule has 0 saturated carbocycles. The van der Waals surface area contributed by atoms with Crippen molar-refractivity contribution in [2.75, 3.05) is 0 Å². The summed E-state index contributed by atoms with van der Waals surface area (Å²) < 4.78 is 12.4. The molecule has 0 aromatic heterocycles. The summed E-state index contributed by atoms with van der Waals surface area (Å²) in [6.07, 6.45) is 2.54. The average molecular weight is 116 g/mol. The molecule has 0 aromatic rings.